The van der Waals surface area contributed by atoms with Gasteiger partial charge < -0.3 is 5.32 Å². The van der Waals surface area contributed by atoms with Crippen LogP contribution in [0.25, 0.3) is 0 Å². The molecule has 2 aromatic rings. The van der Waals surface area contributed by atoms with Crippen LogP contribution in [0.15, 0.2) is 47.4 Å². The second kappa shape index (κ2) is 6.10. The highest BCUT2D eigenvalue weighted by Crippen LogP contribution is 2.21. The number of benzene rings is 2. The highest BCUT2D eigenvalue weighted by atomic mass is 32.2. The van der Waals surface area contributed by atoms with Crippen molar-refractivity contribution in [3.8, 4) is 0 Å². The van der Waals surface area contributed by atoms with E-state index in [0.29, 0.717) is 12.1 Å². The molecule has 0 saturated heterocycles. The maximum atomic E-state index is 13.2. The zero-order valence-electron chi connectivity index (χ0n) is 11.4. The fourth-order valence-electron chi connectivity index (χ4n) is 1.75. The van der Waals surface area contributed by atoms with Gasteiger partial charge in [0.05, 0.1) is 16.1 Å². The van der Waals surface area contributed by atoms with Crippen molar-refractivity contribution < 1.29 is 22.0 Å². The fraction of sp³-hybridized carbons (Fsp3) is 0.0714. The van der Waals surface area contributed by atoms with Crippen LogP contribution in [0.1, 0.15) is 10.4 Å². The van der Waals surface area contributed by atoms with Crippen LogP contribution in [-0.4, -0.2) is 21.4 Å². The molecule has 0 fully saturated rings. The fourth-order valence-corrected chi connectivity index (χ4v) is 2.84. The highest BCUT2D eigenvalue weighted by Gasteiger charge is 2.19. The average Bonchev–Trinajstić information content (AvgIpc) is 2.49. The number of halogens is 2. The number of carbonyl (C=O) groups is 1. The van der Waals surface area contributed by atoms with E-state index in [2.05, 4.69) is 10.0 Å². The van der Waals surface area contributed by atoms with Gasteiger partial charge in [0.2, 0.25) is 0 Å². The Bertz CT molecular complexity index is 823. The summed E-state index contributed by atoms with van der Waals surface area (Å²) < 4.78 is 52.6. The average molecular weight is 326 g/mol. The molecular weight excluding hydrogens is 314 g/mol. The molecule has 0 aliphatic carbocycles. The second-order valence-electron chi connectivity index (χ2n) is 4.31. The molecule has 0 aliphatic rings. The Morgan fingerprint density at radius 1 is 1.05 bits per heavy atom. The van der Waals surface area contributed by atoms with Gasteiger partial charge in [0.25, 0.3) is 15.9 Å². The largest absolute Gasteiger partial charge is 0.355 e. The summed E-state index contributed by atoms with van der Waals surface area (Å²) in [6, 6.07) is 8.15. The lowest BCUT2D eigenvalue weighted by molar-refractivity contribution is 0.0964. The molecule has 2 rings (SSSR count). The SMILES string of the molecule is CNC(=O)c1ccccc1NS(=O)(=O)c1ccc(F)c(F)c1. The van der Waals surface area contributed by atoms with Crippen molar-refractivity contribution in [2.45, 2.75) is 4.90 Å². The molecule has 0 spiro atoms. The summed E-state index contributed by atoms with van der Waals surface area (Å²) in [7, 11) is -2.75. The van der Waals surface area contributed by atoms with E-state index < -0.39 is 32.5 Å². The zero-order valence-corrected chi connectivity index (χ0v) is 12.2. The van der Waals surface area contributed by atoms with E-state index in [4.69, 9.17) is 0 Å². The van der Waals surface area contributed by atoms with Crippen LogP contribution in [0.4, 0.5) is 14.5 Å². The first-order valence-corrected chi connectivity index (χ1v) is 7.62. The minimum Gasteiger partial charge on any atom is -0.355 e. The number of sulfonamides is 1. The van der Waals surface area contributed by atoms with E-state index in [0.717, 1.165) is 6.07 Å². The number of hydrogen-bond donors (Lipinski definition) is 2. The summed E-state index contributed by atoms with van der Waals surface area (Å²) in [5, 5.41) is 2.38. The number of anilines is 1. The topological polar surface area (TPSA) is 75.3 Å². The van der Waals surface area contributed by atoms with E-state index in [1.54, 1.807) is 6.07 Å². The van der Waals surface area contributed by atoms with Crippen molar-refractivity contribution in [3.63, 3.8) is 0 Å². The maximum Gasteiger partial charge on any atom is 0.262 e. The van der Waals surface area contributed by atoms with Crippen molar-refractivity contribution in [1.29, 1.82) is 0 Å². The Balaban J connectivity index is 2.41. The molecule has 5 nitrogen and oxygen atoms in total. The molecule has 2 aromatic carbocycles. The molecule has 0 saturated carbocycles. The quantitative estimate of drug-likeness (QED) is 0.904. The number of hydrogen-bond acceptors (Lipinski definition) is 3. The van der Waals surface area contributed by atoms with E-state index in [1.807, 2.05) is 0 Å². The van der Waals surface area contributed by atoms with Gasteiger partial charge in [-0.15, -0.1) is 0 Å². The van der Waals surface area contributed by atoms with Crippen molar-refractivity contribution in [3.05, 3.63) is 59.7 Å². The minimum absolute atomic E-state index is 0.0339. The standard InChI is InChI=1S/C14H12F2N2O3S/c1-17-14(19)10-4-2-3-5-13(10)18-22(20,21)9-6-7-11(15)12(16)8-9/h2-8,18H,1H3,(H,17,19). The lowest BCUT2D eigenvalue weighted by Gasteiger charge is -2.12. The van der Waals surface area contributed by atoms with Gasteiger partial charge in [0, 0.05) is 7.05 Å². The lowest BCUT2D eigenvalue weighted by atomic mass is 10.2. The molecule has 1 amide bonds. The van der Waals surface area contributed by atoms with E-state index in [1.165, 1.54) is 25.2 Å². The van der Waals surface area contributed by atoms with Crippen molar-refractivity contribution in [2.75, 3.05) is 11.8 Å². The van der Waals surface area contributed by atoms with Gasteiger partial charge in [-0.1, -0.05) is 12.1 Å². The summed E-state index contributed by atoms with van der Waals surface area (Å²) in [5.74, 6) is -2.91. The number of carbonyl (C=O) groups excluding carboxylic acids is 1. The number of para-hydroxylation sites is 1. The molecule has 0 aromatic heterocycles. The van der Waals surface area contributed by atoms with Gasteiger partial charge in [-0.05, 0) is 30.3 Å². The third-order valence-electron chi connectivity index (χ3n) is 2.84. The summed E-state index contributed by atoms with van der Waals surface area (Å²) in [6.45, 7) is 0. The van der Waals surface area contributed by atoms with Crippen molar-refractivity contribution in [2.24, 2.45) is 0 Å². The summed E-state index contributed by atoms with van der Waals surface area (Å²) in [5.41, 5.74) is 0.141. The molecule has 0 heterocycles. The van der Waals surface area contributed by atoms with E-state index >= 15 is 0 Å². The zero-order chi connectivity index (χ0) is 16.3. The van der Waals surface area contributed by atoms with E-state index in [-0.39, 0.29) is 11.3 Å². The Kier molecular flexibility index (Phi) is 4.41. The van der Waals surface area contributed by atoms with Gasteiger partial charge in [0.1, 0.15) is 0 Å². The third-order valence-corrected chi connectivity index (χ3v) is 4.21. The predicted molar refractivity (Wildman–Crippen MR) is 77.0 cm³/mol. The molecule has 2 N–H and O–H groups in total. The number of amides is 1. The van der Waals surface area contributed by atoms with E-state index in [9.17, 15) is 22.0 Å². The van der Waals surface area contributed by atoms with Crippen LogP contribution in [0.5, 0.6) is 0 Å². The van der Waals surface area contributed by atoms with Crippen LogP contribution in [0.2, 0.25) is 0 Å². The van der Waals surface area contributed by atoms with Crippen LogP contribution >= 0.6 is 0 Å². The Labute approximate surface area is 126 Å². The molecule has 22 heavy (non-hydrogen) atoms. The normalized spacial score (nSPS) is 11.0. The highest BCUT2D eigenvalue weighted by molar-refractivity contribution is 7.92. The first-order valence-electron chi connectivity index (χ1n) is 6.14. The first-order chi connectivity index (χ1) is 10.3. The van der Waals surface area contributed by atoms with Crippen LogP contribution < -0.4 is 10.0 Å². The summed E-state index contributed by atoms with van der Waals surface area (Å²) >= 11 is 0. The third kappa shape index (κ3) is 3.22. The predicted octanol–water partition coefficient (Wildman–Crippen LogP) is 2.13. The summed E-state index contributed by atoms with van der Waals surface area (Å²) in [4.78, 5) is 11.3. The molecule has 0 unspecified atom stereocenters. The molecule has 116 valence electrons. The molecule has 8 heteroatoms. The smallest absolute Gasteiger partial charge is 0.262 e. The van der Waals surface area contributed by atoms with Gasteiger partial charge >= 0.3 is 0 Å². The van der Waals surface area contributed by atoms with Gasteiger partial charge in [-0.3, -0.25) is 9.52 Å². The Hall–Kier alpha value is -2.48. The monoisotopic (exact) mass is 326 g/mol. The van der Waals surface area contributed by atoms with Crippen molar-refractivity contribution in [1.82, 2.24) is 5.32 Å². The Morgan fingerprint density at radius 2 is 1.73 bits per heavy atom. The Morgan fingerprint density at radius 3 is 2.36 bits per heavy atom. The lowest BCUT2D eigenvalue weighted by Crippen LogP contribution is -2.21. The van der Waals surface area contributed by atoms with Crippen LogP contribution in [0.3, 0.4) is 0 Å². The first kappa shape index (κ1) is 15.9. The minimum atomic E-state index is -4.15. The molecule has 0 bridgehead atoms. The van der Waals surface area contributed by atoms with Crippen molar-refractivity contribution >= 4 is 21.6 Å². The van der Waals surface area contributed by atoms with Crippen LogP contribution in [-0.2, 0) is 10.0 Å². The van der Waals surface area contributed by atoms with Gasteiger partial charge in [-0.2, -0.15) is 0 Å². The summed E-state index contributed by atoms with van der Waals surface area (Å²) in [6.07, 6.45) is 0. The van der Waals surface area contributed by atoms with Gasteiger partial charge in [-0.25, -0.2) is 17.2 Å². The van der Waals surface area contributed by atoms with Gasteiger partial charge in [0.15, 0.2) is 11.6 Å². The molecule has 0 radical (unpaired) electrons. The maximum absolute atomic E-state index is 13.2. The number of rotatable bonds is 4. The molecule has 0 aliphatic heterocycles. The number of nitrogens with one attached hydrogen (secondary N) is 2. The second-order valence-corrected chi connectivity index (χ2v) is 5.99. The molecule has 0 atom stereocenters. The van der Waals surface area contributed by atoms with Crippen LogP contribution in [0, 0.1) is 11.6 Å². The molecular formula is C14H12F2N2O3S.